The van der Waals surface area contributed by atoms with Crippen molar-refractivity contribution in [3.8, 4) is 5.75 Å². The van der Waals surface area contributed by atoms with Crippen molar-refractivity contribution in [1.29, 1.82) is 0 Å². The van der Waals surface area contributed by atoms with Crippen LogP contribution in [-0.2, 0) is 10.0 Å². The van der Waals surface area contributed by atoms with E-state index in [0.717, 1.165) is 9.18 Å². The largest absolute Gasteiger partial charge is 0.497 e. The van der Waals surface area contributed by atoms with Gasteiger partial charge >= 0.3 is 0 Å². The number of thiophene rings is 1. The average molecular weight is 417 g/mol. The number of sulfonamides is 1. The molecule has 0 aliphatic heterocycles. The Hall–Kier alpha value is -2.84. The summed E-state index contributed by atoms with van der Waals surface area (Å²) in [7, 11) is -0.741. The molecule has 8 heteroatoms. The summed E-state index contributed by atoms with van der Waals surface area (Å²) >= 11 is 1.20. The second-order valence-corrected chi connectivity index (χ2v) is 9.52. The molecule has 0 fully saturated rings. The molecule has 2 aromatic carbocycles. The Morgan fingerprint density at radius 1 is 1.04 bits per heavy atom. The highest BCUT2D eigenvalue weighted by Gasteiger charge is 2.26. The van der Waals surface area contributed by atoms with Crippen LogP contribution in [0.4, 0.5) is 11.4 Å². The molecule has 0 aliphatic rings. The van der Waals surface area contributed by atoms with Gasteiger partial charge in [-0.15, -0.1) is 11.3 Å². The van der Waals surface area contributed by atoms with Gasteiger partial charge in [-0.3, -0.25) is 9.10 Å². The van der Waals surface area contributed by atoms with Gasteiger partial charge in [0.05, 0.1) is 18.4 Å². The number of ether oxygens (including phenoxy) is 1. The van der Waals surface area contributed by atoms with Crippen LogP contribution in [0.3, 0.4) is 0 Å². The Morgan fingerprint density at radius 3 is 2.32 bits per heavy atom. The first-order chi connectivity index (χ1) is 13.3. The van der Waals surface area contributed by atoms with E-state index >= 15 is 0 Å². The molecule has 3 aromatic rings. The summed E-state index contributed by atoms with van der Waals surface area (Å²) in [5.41, 5.74) is 1.15. The maximum Gasteiger partial charge on any atom is 0.273 e. The van der Waals surface area contributed by atoms with Crippen LogP contribution in [0.15, 0.2) is 64.9 Å². The highest BCUT2D eigenvalue weighted by molar-refractivity contribution is 7.94. The van der Waals surface area contributed by atoms with Gasteiger partial charge in [-0.2, -0.15) is 0 Å². The number of nitrogens with zero attached hydrogens (tertiary/aromatic N) is 1. The van der Waals surface area contributed by atoms with Gasteiger partial charge in [-0.25, -0.2) is 8.42 Å². The van der Waals surface area contributed by atoms with Crippen LogP contribution < -0.4 is 14.4 Å². The minimum atomic E-state index is -3.75. The minimum Gasteiger partial charge on any atom is -0.497 e. The molecule has 1 heterocycles. The number of anilines is 2. The van der Waals surface area contributed by atoms with Gasteiger partial charge in [-0.1, -0.05) is 12.1 Å². The molecule has 0 saturated heterocycles. The molecule has 146 valence electrons. The number of para-hydroxylation sites is 1. The van der Waals surface area contributed by atoms with Gasteiger partial charge in [0.25, 0.3) is 15.9 Å². The lowest BCUT2D eigenvalue weighted by atomic mass is 10.1. The number of methoxy groups -OCH3 is 1. The third kappa shape index (κ3) is 4.02. The third-order valence-corrected chi connectivity index (χ3v) is 7.41. The summed E-state index contributed by atoms with van der Waals surface area (Å²) in [6.45, 7) is 1.85. The number of hydrogen-bond acceptors (Lipinski definition) is 5. The summed E-state index contributed by atoms with van der Waals surface area (Å²) in [4.78, 5) is 13.7. The zero-order valence-electron chi connectivity index (χ0n) is 15.7. The van der Waals surface area contributed by atoms with Gasteiger partial charge in [0.15, 0.2) is 0 Å². The fourth-order valence-corrected chi connectivity index (χ4v) is 5.30. The van der Waals surface area contributed by atoms with Crippen molar-refractivity contribution >= 4 is 38.6 Å². The zero-order valence-corrected chi connectivity index (χ0v) is 17.3. The molecule has 1 N–H and O–H groups in total. The molecule has 0 saturated carbocycles. The second-order valence-electron chi connectivity index (χ2n) is 6.04. The van der Waals surface area contributed by atoms with E-state index in [2.05, 4.69) is 5.32 Å². The van der Waals surface area contributed by atoms with E-state index in [1.54, 1.807) is 67.8 Å². The highest BCUT2D eigenvalue weighted by Crippen LogP contribution is 2.29. The van der Waals surface area contributed by atoms with Crippen LogP contribution in [0.2, 0.25) is 0 Å². The van der Waals surface area contributed by atoms with Crippen LogP contribution >= 0.6 is 11.3 Å². The first kappa shape index (κ1) is 19.9. The van der Waals surface area contributed by atoms with Crippen LogP contribution in [0.1, 0.15) is 15.2 Å². The predicted molar refractivity (Wildman–Crippen MR) is 112 cm³/mol. The SMILES string of the molecule is COc1ccc(NC(=O)c2ccccc2N(C)S(=O)(=O)c2ccc(C)s2)cc1. The molecular formula is C20H20N2O4S2. The predicted octanol–water partition coefficient (Wildman–Crippen LogP) is 4.14. The lowest BCUT2D eigenvalue weighted by Crippen LogP contribution is -2.28. The summed E-state index contributed by atoms with van der Waals surface area (Å²) < 4.78 is 32.4. The first-order valence-corrected chi connectivity index (χ1v) is 10.7. The smallest absolute Gasteiger partial charge is 0.273 e. The van der Waals surface area contributed by atoms with E-state index in [0.29, 0.717) is 17.1 Å². The van der Waals surface area contributed by atoms with Crippen LogP contribution in [0.25, 0.3) is 0 Å². The molecule has 3 rings (SSSR count). The summed E-state index contributed by atoms with van der Waals surface area (Å²) in [6, 6.07) is 16.8. The number of aryl methyl sites for hydroxylation is 1. The monoisotopic (exact) mass is 416 g/mol. The van der Waals surface area contributed by atoms with E-state index in [-0.39, 0.29) is 9.77 Å². The Bertz CT molecular complexity index is 1090. The van der Waals surface area contributed by atoms with Gasteiger partial charge in [-0.05, 0) is 55.5 Å². The van der Waals surface area contributed by atoms with Gasteiger partial charge < -0.3 is 10.1 Å². The number of nitrogens with one attached hydrogen (secondary N) is 1. The number of hydrogen-bond donors (Lipinski definition) is 1. The maximum absolute atomic E-state index is 12.9. The fraction of sp³-hybridized carbons (Fsp3) is 0.150. The lowest BCUT2D eigenvalue weighted by Gasteiger charge is -2.21. The lowest BCUT2D eigenvalue weighted by molar-refractivity contribution is 0.102. The molecule has 0 spiro atoms. The van der Waals surface area contributed by atoms with Crippen molar-refractivity contribution < 1.29 is 17.9 Å². The standard InChI is InChI=1S/C20H20N2O4S2/c1-14-8-13-19(27-14)28(24,25)22(2)18-7-5-4-6-17(18)20(23)21-15-9-11-16(26-3)12-10-15/h4-13H,1-3H3,(H,21,23). The summed E-state index contributed by atoms with van der Waals surface area (Å²) in [5.74, 6) is 0.278. The number of carbonyl (C=O) groups is 1. The van der Waals surface area contributed by atoms with Crippen LogP contribution in [0, 0.1) is 6.92 Å². The molecule has 0 atom stereocenters. The molecule has 0 bridgehead atoms. The van der Waals surface area contributed by atoms with E-state index < -0.39 is 15.9 Å². The molecule has 6 nitrogen and oxygen atoms in total. The molecule has 0 radical (unpaired) electrons. The van der Waals surface area contributed by atoms with Gasteiger partial charge in [0, 0.05) is 17.6 Å². The molecule has 1 amide bonds. The normalized spacial score (nSPS) is 11.1. The number of benzene rings is 2. The van der Waals surface area contributed by atoms with Crippen molar-refractivity contribution in [1.82, 2.24) is 0 Å². The van der Waals surface area contributed by atoms with E-state index in [9.17, 15) is 13.2 Å². The number of amides is 1. The van der Waals surface area contributed by atoms with Crippen LogP contribution in [0.5, 0.6) is 5.75 Å². The molecule has 1 aromatic heterocycles. The van der Waals surface area contributed by atoms with Gasteiger partial charge in [0.1, 0.15) is 9.96 Å². The van der Waals surface area contributed by atoms with Crippen molar-refractivity contribution in [2.45, 2.75) is 11.1 Å². The van der Waals surface area contributed by atoms with Crippen molar-refractivity contribution in [3.05, 3.63) is 71.1 Å². The quantitative estimate of drug-likeness (QED) is 0.655. The van der Waals surface area contributed by atoms with E-state index in [1.807, 2.05) is 6.92 Å². The topological polar surface area (TPSA) is 75.7 Å². The Labute approximate surface area is 168 Å². The molecule has 0 aliphatic carbocycles. The molecule has 0 unspecified atom stereocenters. The average Bonchev–Trinajstić information content (AvgIpc) is 3.15. The Kier molecular flexibility index (Phi) is 5.71. The van der Waals surface area contributed by atoms with E-state index in [4.69, 9.17) is 4.74 Å². The summed E-state index contributed by atoms with van der Waals surface area (Å²) in [5, 5.41) is 2.79. The Morgan fingerprint density at radius 2 is 1.71 bits per heavy atom. The van der Waals surface area contributed by atoms with Crippen molar-refractivity contribution in [3.63, 3.8) is 0 Å². The zero-order chi connectivity index (χ0) is 20.3. The highest BCUT2D eigenvalue weighted by atomic mass is 32.2. The third-order valence-electron chi connectivity index (χ3n) is 4.17. The Balaban J connectivity index is 1.90. The minimum absolute atomic E-state index is 0.234. The second kappa shape index (κ2) is 8.04. The van der Waals surface area contributed by atoms with Crippen LogP contribution in [-0.4, -0.2) is 28.5 Å². The molecule has 28 heavy (non-hydrogen) atoms. The number of carbonyl (C=O) groups excluding carboxylic acids is 1. The van der Waals surface area contributed by atoms with E-state index in [1.165, 1.54) is 18.4 Å². The maximum atomic E-state index is 12.9. The molecular weight excluding hydrogens is 396 g/mol. The summed E-state index contributed by atoms with van der Waals surface area (Å²) in [6.07, 6.45) is 0. The number of rotatable bonds is 6. The first-order valence-electron chi connectivity index (χ1n) is 8.42. The van der Waals surface area contributed by atoms with Crippen molar-refractivity contribution in [2.24, 2.45) is 0 Å². The van der Waals surface area contributed by atoms with Crippen molar-refractivity contribution in [2.75, 3.05) is 23.8 Å². The van der Waals surface area contributed by atoms with Gasteiger partial charge in [0.2, 0.25) is 0 Å². The fourth-order valence-electron chi connectivity index (χ4n) is 2.63.